The van der Waals surface area contributed by atoms with E-state index in [1.807, 2.05) is 12.1 Å². The molecule has 1 saturated heterocycles. The molecule has 1 fully saturated rings. The van der Waals surface area contributed by atoms with Crippen LogP contribution in [0, 0.1) is 0 Å². The van der Waals surface area contributed by atoms with Gasteiger partial charge in [-0.05, 0) is 12.1 Å². The zero-order chi connectivity index (χ0) is 11.5. The number of anilines is 1. The van der Waals surface area contributed by atoms with Gasteiger partial charge in [-0.2, -0.15) is 11.8 Å². The zero-order valence-electron chi connectivity index (χ0n) is 9.89. The van der Waals surface area contributed by atoms with E-state index in [1.54, 1.807) is 0 Å². The molecule has 0 radical (unpaired) electrons. The van der Waals surface area contributed by atoms with Gasteiger partial charge in [0, 0.05) is 30.1 Å². The Hall–Kier alpha value is -0.740. The highest BCUT2D eigenvalue weighted by atomic mass is 32.2. The number of hydrogen-bond acceptors (Lipinski definition) is 4. The summed E-state index contributed by atoms with van der Waals surface area (Å²) in [6.07, 6.45) is 0. The fraction of sp³-hybridized carbons (Fsp3) is 0.583. The van der Waals surface area contributed by atoms with Crippen LogP contribution in [-0.2, 0) is 6.54 Å². The summed E-state index contributed by atoms with van der Waals surface area (Å²) >= 11 is 2.06. The summed E-state index contributed by atoms with van der Waals surface area (Å²) < 4.78 is 0. The lowest BCUT2D eigenvalue weighted by Crippen LogP contribution is -2.40. The molecule has 1 aromatic rings. The lowest BCUT2D eigenvalue weighted by atomic mass is 10.3. The minimum Gasteiger partial charge on any atom is -0.354 e. The van der Waals surface area contributed by atoms with Gasteiger partial charge >= 0.3 is 0 Å². The predicted molar refractivity (Wildman–Crippen MR) is 70.9 cm³/mol. The Labute approximate surface area is 101 Å². The molecule has 2 unspecified atom stereocenters. The van der Waals surface area contributed by atoms with E-state index in [9.17, 15) is 0 Å². The first kappa shape index (κ1) is 11.7. The smallest absolute Gasteiger partial charge is 0.128 e. The molecule has 2 atom stereocenters. The van der Waals surface area contributed by atoms with Crippen molar-refractivity contribution in [1.82, 2.24) is 4.98 Å². The van der Waals surface area contributed by atoms with E-state index in [-0.39, 0.29) is 0 Å². The van der Waals surface area contributed by atoms with Crippen LogP contribution in [0.15, 0.2) is 18.2 Å². The normalized spacial score (nSPS) is 25.8. The summed E-state index contributed by atoms with van der Waals surface area (Å²) in [4.78, 5) is 6.94. The second-order valence-electron chi connectivity index (χ2n) is 4.35. The van der Waals surface area contributed by atoms with Gasteiger partial charge in [-0.1, -0.05) is 19.9 Å². The molecule has 3 nitrogen and oxygen atoms in total. The van der Waals surface area contributed by atoms with Gasteiger partial charge in [-0.25, -0.2) is 4.98 Å². The molecule has 0 aromatic carbocycles. The Morgan fingerprint density at radius 1 is 1.38 bits per heavy atom. The van der Waals surface area contributed by atoms with Gasteiger partial charge in [0.25, 0.3) is 0 Å². The molecule has 2 rings (SSSR count). The highest BCUT2D eigenvalue weighted by Crippen LogP contribution is 2.27. The van der Waals surface area contributed by atoms with Crippen molar-refractivity contribution in [2.45, 2.75) is 30.9 Å². The van der Waals surface area contributed by atoms with E-state index in [1.165, 1.54) is 0 Å². The van der Waals surface area contributed by atoms with E-state index in [0.29, 0.717) is 17.0 Å². The second kappa shape index (κ2) is 5.06. The first-order valence-corrected chi connectivity index (χ1v) is 6.69. The van der Waals surface area contributed by atoms with Gasteiger partial charge in [0.2, 0.25) is 0 Å². The molecule has 0 amide bonds. The first-order chi connectivity index (χ1) is 7.69. The Morgan fingerprint density at radius 3 is 2.69 bits per heavy atom. The third-order valence-electron chi connectivity index (χ3n) is 2.74. The molecular formula is C12H19N3S. The summed E-state index contributed by atoms with van der Waals surface area (Å²) in [6.45, 7) is 7.23. The number of nitrogens with two attached hydrogens (primary N) is 1. The summed E-state index contributed by atoms with van der Waals surface area (Å²) in [5, 5.41) is 1.35. The standard InChI is InChI=1S/C12H19N3S/c1-9-7-15(8-10(2)16-9)12-5-3-4-11(6-13)14-12/h3-5,9-10H,6-8,13H2,1-2H3. The van der Waals surface area contributed by atoms with E-state index in [2.05, 4.69) is 41.6 Å². The van der Waals surface area contributed by atoms with Crippen LogP contribution in [0.5, 0.6) is 0 Å². The van der Waals surface area contributed by atoms with Crippen LogP contribution in [-0.4, -0.2) is 28.6 Å². The van der Waals surface area contributed by atoms with Gasteiger partial charge in [0.15, 0.2) is 0 Å². The van der Waals surface area contributed by atoms with Crippen molar-refractivity contribution in [3.8, 4) is 0 Å². The predicted octanol–water partition coefficient (Wildman–Crippen LogP) is 1.87. The van der Waals surface area contributed by atoms with E-state index in [4.69, 9.17) is 5.73 Å². The van der Waals surface area contributed by atoms with Crippen molar-refractivity contribution >= 4 is 17.6 Å². The number of nitrogens with zero attached hydrogens (tertiary/aromatic N) is 2. The number of aromatic nitrogens is 1. The molecule has 0 bridgehead atoms. The number of hydrogen-bond donors (Lipinski definition) is 1. The maximum Gasteiger partial charge on any atom is 0.128 e. The van der Waals surface area contributed by atoms with Crippen molar-refractivity contribution < 1.29 is 0 Å². The summed E-state index contributed by atoms with van der Waals surface area (Å²) in [5.74, 6) is 1.07. The summed E-state index contributed by atoms with van der Waals surface area (Å²) in [5.41, 5.74) is 6.59. The Morgan fingerprint density at radius 2 is 2.06 bits per heavy atom. The minimum absolute atomic E-state index is 0.515. The quantitative estimate of drug-likeness (QED) is 0.852. The van der Waals surface area contributed by atoms with Gasteiger partial charge in [0.05, 0.1) is 5.69 Å². The SMILES string of the molecule is CC1CN(c2cccc(CN)n2)CC(C)S1. The number of rotatable bonds is 2. The Balaban J connectivity index is 2.16. The van der Waals surface area contributed by atoms with Crippen LogP contribution >= 0.6 is 11.8 Å². The highest BCUT2D eigenvalue weighted by Gasteiger charge is 2.23. The third kappa shape index (κ3) is 2.68. The van der Waals surface area contributed by atoms with Gasteiger partial charge in [-0.15, -0.1) is 0 Å². The Bertz CT molecular complexity index is 346. The van der Waals surface area contributed by atoms with Gasteiger partial charge in [0.1, 0.15) is 5.82 Å². The summed E-state index contributed by atoms with van der Waals surface area (Å²) in [6, 6.07) is 6.10. The lowest BCUT2D eigenvalue weighted by Gasteiger charge is -2.35. The van der Waals surface area contributed by atoms with Crippen molar-refractivity contribution in [3.05, 3.63) is 23.9 Å². The first-order valence-electron chi connectivity index (χ1n) is 5.75. The average molecular weight is 237 g/mol. The molecule has 1 aromatic heterocycles. The van der Waals surface area contributed by atoms with E-state index >= 15 is 0 Å². The van der Waals surface area contributed by atoms with Crippen molar-refractivity contribution in [2.24, 2.45) is 5.73 Å². The van der Waals surface area contributed by atoms with Crippen LogP contribution in [0.2, 0.25) is 0 Å². The van der Waals surface area contributed by atoms with Crippen LogP contribution < -0.4 is 10.6 Å². The van der Waals surface area contributed by atoms with Crippen molar-refractivity contribution in [2.75, 3.05) is 18.0 Å². The van der Waals surface area contributed by atoms with Crippen molar-refractivity contribution in [3.63, 3.8) is 0 Å². The second-order valence-corrected chi connectivity index (χ2v) is 6.24. The van der Waals surface area contributed by atoms with E-state index in [0.717, 1.165) is 24.6 Å². The molecule has 2 N–H and O–H groups in total. The molecular weight excluding hydrogens is 218 g/mol. The molecule has 16 heavy (non-hydrogen) atoms. The number of thioether (sulfide) groups is 1. The third-order valence-corrected chi connectivity index (χ3v) is 3.97. The van der Waals surface area contributed by atoms with Crippen LogP contribution in [0.25, 0.3) is 0 Å². The molecule has 0 aliphatic carbocycles. The van der Waals surface area contributed by atoms with E-state index < -0.39 is 0 Å². The topological polar surface area (TPSA) is 42.1 Å². The highest BCUT2D eigenvalue weighted by molar-refractivity contribution is 8.00. The van der Waals surface area contributed by atoms with Crippen molar-refractivity contribution in [1.29, 1.82) is 0 Å². The molecule has 0 spiro atoms. The minimum atomic E-state index is 0.515. The monoisotopic (exact) mass is 237 g/mol. The molecule has 88 valence electrons. The van der Waals surface area contributed by atoms with Gasteiger partial charge in [-0.3, -0.25) is 0 Å². The maximum atomic E-state index is 5.62. The summed E-state index contributed by atoms with van der Waals surface area (Å²) in [7, 11) is 0. The molecule has 2 heterocycles. The van der Waals surface area contributed by atoms with Gasteiger partial charge < -0.3 is 10.6 Å². The average Bonchev–Trinajstić information content (AvgIpc) is 2.28. The largest absolute Gasteiger partial charge is 0.354 e. The fourth-order valence-corrected chi connectivity index (χ4v) is 3.45. The van der Waals surface area contributed by atoms with Crippen LogP contribution in [0.3, 0.4) is 0 Å². The maximum absolute atomic E-state index is 5.62. The molecule has 1 aliphatic rings. The number of pyridine rings is 1. The van der Waals surface area contributed by atoms with Crippen LogP contribution in [0.1, 0.15) is 19.5 Å². The Kier molecular flexibility index (Phi) is 3.71. The molecule has 1 aliphatic heterocycles. The fourth-order valence-electron chi connectivity index (χ4n) is 2.12. The lowest BCUT2D eigenvalue weighted by molar-refractivity contribution is 0.716. The molecule has 0 saturated carbocycles. The van der Waals surface area contributed by atoms with Crippen LogP contribution in [0.4, 0.5) is 5.82 Å². The zero-order valence-corrected chi connectivity index (χ0v) is 10.7. The molecule has 4 heteroatoms.